The normalized spacial score (nSPS) is 13.6. The molecule has 0 N–H and O–H groups in total. The minimum atomic E-state index is -0.450. The van der Waals surface area contributed by atoms with Gasteiger partial charge in [0.1, 0.15) is 0 Å². The second-order valence-corrected chi connectivity index (χ2v) is 14.1. The van der Waals surface area contributed by atoms with Gasteiger partial charge in [-0.15, -0.1) is 11.3 Å². The highest BCUT2D eigenvalue weighted by atomic mass is 32.2. The number of hydrogen-bond acceptors (Lipinski definition) is 4. The summed E-state index contributed by atoms with van der Waals surface area (Å²) in [6.07, 6.45) is 0. The highest BCUT2D eigenvalue weighted by molar-refractivity contribution is 7.99. The molecule has 4 heteroatoms. The Bertz CT molecular complexity index is 2400. The average Bonchev–Trinajstić information content (AvgIpc) is 3.74. The van der Waals surface area contributed by atoms with Crippen LogP contribution in [0.25, 0.3) is 55.1 Å². The van der Waals surface area contributed by atoms with Crippen molar-refractivity contribution in [3.8, 4) is 45.0 Å². The van der Waals surface area contributed by atoms with Gasteiger partial charge in [-0.3, -0.25) is 0 Å². The first kappa shape index (κ1) is 26.9. The largest absolute Gasteiger partial charge is 0.228 e. The quantitative estimate of drug-likeness (QED) is 0.193. The van der Waals surface area contributed by atoms with Crippen molar-refractivity contribution in [2.24, 2.45) is 0 Å². The van der Waals surface area contributed by atoms with Gasteiger partial charge in [-0.25, -0.2) is 9.97 Å². The highest BCUT2D eigenvalue weighted by Crippen LogP contribution is 2.63. The molecule has 0 radical (unpaired) electrons. The van der Waals surface area contributed by atoms with Gasteiger partial charge < -0.3 is 0 Å². The molecule has 1 aliphatic carbocycles. The number of benzene rings is 6. The van der Waals surface area contributed by atoms with Crippen LogP contribution in [0.4, 0.5) is 0 Å². The van der Waals surface area contributed by atoms with Gasteiger partial charge >= 0.3 is 0 Å². The molecule has 0 amide bonds. The van der Waals surface area contributed by atoms with Crippen molar-refractivity contribution in [1.82, 2.24) is 9.97 Å². The van der Waals surface area contributed by atoms with Crippen LogP contribution in [0.5, 0.6) is 0 Å². The Morgan fingerprint density at radius 2 is 1.11 bits per heavy atom. The summed E-state index contributed by atoms with van der Waals surface area (Å²) in [5.74, 6) is 0.727. The van der Waals surface area contributed by atoms with E-state index in [0.29, 0.717) is 0 Å². The zero-order valence-electron chi connectivity index (χ0n) is 25.2. The molecule has 10 rings (SSSR count). The highest BCUT2D eigenvalue weighted by Gasteiger charge is 2.50. The van der Waals surface area contributed by atoms with Crippen molar-refractivity contribution >= 4 is 33.2 Å². The van der Waals surface area contributed by atoms with Gasteiger partial charge in [0.05, 0.1) is 16.8 Å². The standard InChI is InChI=1S/C43H26N2S2/c1-3-11-27(12-4-1)36-26-37(45-42(44-36)29-13-5-2-6-14-29)30-19-21-31-35(25-30)43(34-22-20-28-23-24-46-41(28)40(31)34)32-15-7-9-17-38(32)47-39-18-10-8-16-33(39)43/h1-26H. The van der Waals surface area contributed by atoms with Crippen LogP contribution in [-0.4, -0.2) is 9.97 Å². The van der Waals surface area contributed by atoms with Gasteiger partial charge in [-0.05, 0) is 68.9 Å². The van der Waals surface area contributed by atoms with Crippen molar-refractivity contribution in [3.63, 3.8) is 0 Å². The second-order valence-electron chi connectivity index (χ2n) is 12.1. The van der Waals surface area contributed by atoms with E-state index < -0.39 is 5.41 Å². The van der Waals surface area contributed by atoms with Crippen LogP contribution < -0.4 is 0 Å². The van der Waals surface area contributed by atoms with E-state index >= 15 is 0 Å². The molecule has 2 aliphatic rings. The summed E-state index contributed by atoms with van der Waals surface area (Å²) >= 11 is 3.72. The molecule has 0 unspecified atom stereocenters. The van der Waals surface area contributed by atoms with Crippen LogP contribution in [0.2, 0.25) is 0 Å². The van der Waals surface area contributed by atoms with E-state index in [1.165, 1.54) is 53.3 Å². The number of fused-ring (bicyclic) bond motifs is 11. The van der Waals surface area contributed by atoms with E-state index in [-0.39, 0.29) is 0 Å². The Balaban J connectivity index is 1.29. The number of thiophene rings is 1. The Kier molecular flexibility index (Phi) is 5.93. The smallest absolute Gasteiger partial charge is 0.160 e. The zero-order chi connectivity index (χ0) is 31.0. The second kappa shape index (κ2) is 10.4. The number of rotatable bonds is 3. The number of aromatic nitrogens is 2. The van der Waals surface area contributed by atoms with E-state index in [2.05, 4.69) is 133 Å². The third kappa shape index (κ3) is 3.92. The predicted octanol–water partition coefficient (Wildman–Crippen LogP) is 11.5. The Morgan fingerprint density at radius 3 is 1.83 bits per heavy atom. The maximum atomic E-state index is 5.22. The van der Waals surface area contributed by atoms with Gasteiger partial charge in [0.15, 0.2) is 5.82 Å². The lowest BCUT2D eigenvalue weighted by Crippen LogP contribution is -2.32. The molecule has 3 heterocycles. The third-order valence-corrected chi connectivity index (χ3v) is 11.7. The fourth-order valence-electron chi connectivity index (χ4n) is 7.63. The zero-order valence-corrected chi connectivity index (χ0v) is 26.9. The first-order chi connectivity index (χ1) is 23.3. The molecule has 0 fully saturated rings. The predicted molar refractivity (Wildman–Crippen MR) is 195 cm³/mol. The molecule has 0 bridgehead atoms. The van der Waals surface area contributed by atoms with E-state index in [1.807, 2.05) is 47.4 Å². The minimum Gasteiger partial charge on any atom is -0.228 e. The summed E-state index contributed by atoms with van der Waals surface area (Å²) < 4.78 is 1.35. The molecule has 47 heavy (non-hydrogen) atoms. The van der Waals surface area contributed by atoms with Crippen molar-refractivity contribution in [2.45, 2.75) is 15.2 Å². The fourth-order valence-corrected chi connectivity index (χ4v) is 9.79. The maximum Gasteiger partial charge on any atom is 0.160 e. The van der Waals surface area contributed by atoms with E-state index in [0.717, 1.165) is 33.9 Å². The molecule has 1 spiro atoms. The van der Waals surface area contributed by atoms with E-state index in [4.69, 9.17) is 9.97 Å². The van der Waals surface area contributed by atoms with Crippen molar-refractivity contribution in [2.75, 3.05) is 0 Å². The first-order valence-corrected chi connectivity index (χ1v) is 17.5. The van der Waals surface area contributed by atoms with E-state index in [9.17, 15) is 0 Å². The molecule has 0 atom stereocenters. The summed E-state index contributed by atoms with van der Waals surface area (Å²) in [7, 11) is 0. The fraction of sp³-hybridized carbons (Fsp3) is 0.0233. The summed E-state index contributed by atoms with van der Waals surface area (Å²) in [5.41, 5.74) is 12.6. The van der Waals surface area contributed by atoms with Gasteiger partial charge in [0.25, 0.3) is 0 Å². The average molecular weight is 635 g/mol. The van der Waals surface area contributed by atoms with Crippen LogP contribution >= 0.6 is 23.1 Å². The summed E-state index contributed by atoms with van der Waals surface area (Å²) in [5, 5.41) is 3.52. The summed E-state index contributed by atoms with van der Waals surface area (Å²) in [4.78, 5) is 12.9. The van der Waals surface area contributed by atoms with Gasteiger partial charge in [-0.1, -0.05) is 133 Å². The Hall–Kier alpha value is -5.29. The molecular formula is C43H26N2S2. The molecular weight excluding hydrogens is 609 g/mol. The van der Waals surface area contributed by atoms with Crippen molar-refractivity contribution < 1.29 is 0 Å². The Labute approximate surface area is 281 Å². The van der Waals surface area contributed by atoms with Crippen LogP contribution in [0, 0.1) is 0 Å². The van der Waals surface area contributed by atoms with Crippen molar-refractivity contribution in [3.05, 3.63) is 179 Å². The molecule has 8 aromatic rings. The monoisotopic (exact) mass is 634 g/mol. The maximum absolute atomic E-state index is 5.22. The lowest BCUT2D eigenvalue weighted by molar-refractivity contribution is 0.723. The SMILES string of the molecule is c1ccc(-c2cc(-c3ccc4c(c3)C3(c5ccccc5Sc5ccccc53)c3ccc5ccsc5c3-4)nc(-c3ccccc3)n2)cc1. The summed E-state index contributed by atoms with van der Waals surface area (Å²) in [6, 6.07) is 54.8. The lowest BCUT2D eigenvalue weighted by Gasteiger charge is -2.39. The molecule has 0 saturated carbocycles. The van der Waals surface area contributed by atoms with Crippen molar-refractivity contribution in [1.29, 1.82) is 0 Å². The van der Waals surface area contributed by atoms with Gasteiger partial charge in [0.2, 0.25) is 0 Å². The van der Waals surface area contributed by atoms with Gasteiger partial charge in [0, 0.05) is 36.7 Å². The molecule has 2 nitrogen and oxygen atoms in total. The lowest BCUT2D eigenvalue weighted by atomic mass is 9.67. The number of nitrogens with zero attached hydrogens (tertiary/aromatic N) is 2. The third-order valence-electron chi connectivity index (χ3n) is 9.64. The van der Waals surface area contributed by atoms with Crippen LogP contribution in [-0.2, 0) is 5.41 Å². The van der Waals surface area contributed by atoms with E-state index in [1.54, 1.807) is 0 Å². The van der Waals surface area contributed by atoms with Crippen LogP contribution in [0.3, 0.4) is 0 Å². The first-order valence-electron chi connectivity index (χ1n) is 15.8. The number of hydrogen-bond donors (Lipinski definition) is 0. The van der Waals surface area contributed by atoms with Gasteiger partial charge in [-0.2, -0.15) is 0 Å². The molecule has 220 valence electrons. The van der Waals surface area contributed by atoms with Crippen LogP contribution in [0.1, 0.15) is 22.3 Å². The molecule has 2 aromatic heterocycles. The Morgan fingerprint density at radius 1 is 0.468 bits per heavy atom. The minimum absolute atomic E-state index is 0.450. The molecule has 1 aliphatic heterocycles. The molecule has 0 saturated heterocycles. The molecule has 6 aromatic carbocycles. The topological polar surface area (TPSA) is 25.8 Å². The summed E-state index contributed by atoms with van der Waals surface area (Å²) in [6.45, 7) is 0. The van der Waals surface area contributed by atoms with Crippen LogP contribution in [0.15, 0.2) is 167 Å².